The molecule has 0 saturated heterocycles. The first-order valence-corrected chi connectivity index (χ1v) is 6.25. The van der Waals surface area contributed by atoms with Crippen molar-refractivity contribution in [1.29, 1.82) is 0 Å². The summed E-state index contributed by atoms with van der Waals surface area (Å²) in [5.41, 5.74) is 5.54. The van der Waals surface area contributed by atoms with Crippen molar-refractivity contribution in [2.75, 3.05) is 18.0 Å². The van der Waals surface area contributed by atoms with Crippen LogP contribution in [-0.2, 0) is 0 Å². The number of anilines is 1. The average Bonchev–Trinajstić information content (AvgIpc) is 3.05. The molecule has 0 spiro atoms. The Bertz CT molecular complexity index is 366. The molecule has 3 nitrogen and oxygen atoms in total. The number of pyridine rings is 1. The zero-order chi connectivity index (χ0) is 11.5. The Morgan fingerprint density at radius 3 is 2.75 bits per heavy atom. The first-order chi connectivity index (χ1) is 7.72. The zero-order valence-electron chi connectivity index (χ0n) is 9.00. The SMILES string of the molecule is NCCCN(c1ncc(Cl)cc1Cl)C1CC1. The lowest BCUT2D eigenvalue weighted by Crippen LogP contribution is -2.29. The van der Waals surface area contributed by atoms with Crippen LogP contribution in [-0.4, -0.2) is 24.1 Å². The molecule has 1 aliphatic rings. The minimum absolute atomic E-state index is 0.573. The number of nitrogens with zero attached hydrogens (tertiary/aromatic N) is 2. The summed E-state index contributed by atoms with van der Waals surface area (Å²) in [6.07, 6.45) is 5.02. The Hall–Kier alpha value is -0.510. The van der Waals surface area contributed by atoms with Gasteiger partial charge in [0.1, 0.15) is 5.82 Å². The van der Waals surface area contributed by atoms with Gasteiger partial charge in [0.25, 0.3) is 0 Å². The van der Waals surface area contributed by atoms with Crippen molar-refractivity contribution in [2.24, 2.45) is 5.73 Å². The van der Waals surface area contributed by atoms with Gasteiger partial charge >= 0.3 is 0 Å². The van der Waals surface area contributed by atoms with Crippen molar-refractivity contribution in [1.82, 2.24) is 4.98 Å². The molecule has 1 aliphatic carbocycles. The lowest BCUT2D eigenvalue weighted by atomic mass is 10.3. The molecule has 1 aromatic rings. The fraction of sp³-hybridized carbons (Fsp3) is 0.545. The van der Waals surface area contributed by atoms with E-state index in [1.165, 1.54) is 12.8 Å². The van der Waals surface area contributed by atoms with Crippen molar-refractivity contribution in [2.45, 2.75) is 25.3 Å². The molecule has 88 valence electrons. The van der Waals surface area contributed by atoms with E-state index in [2.05, 4.69) is 9.88 Å². The largest absolute Gasteiger partial charge is 0.352 e. The molecular weight excluding hydrogens is 245 g/mol. The van der Waals surface area contributed by atoms with Gasteiger partial charge in [0.05, 0.1) is 10.0 Å². The summed E-state index contributed by atoms with van der Waals surface area (Å²) in [6, 6.07) is 2.32. The number of hydrogen-bond acceptors (Lipinski definition) is 3. The van der Waals surface area contributed by atoms with Gasteiger partial charge in [-0.05, 0) is 31.9 Å². The number of halogens is 2. The van der Waals surface area contributed by atoms with Gasteiger partial charge in [0.15, 0.2) is 0 Å². The van der Waals surface area contributed by atoms with E-state index in [0.717, 1.165) is 18.8 Å². The number of nitrogens with two attached hydrogens (primary N) is 1. The van der Waals surface area contributed by atoms with Crippen LogP contribution in [0.5, 0.6) is 0 Å². The van der Waals surface area contributed by atoms with Gasteiger partial charge < -0.3 is 10.6 Å². The molecule has 1 aromatic heterocycles. The van der Waals surface area contributed by atoms with Crippen LogP contribution in [0.4, 0.5) is 5.82 Å². The molecular formula is C11H15Cl2N3. The van der Waals surface area contributed by atoms with Crippen molar-refractivity contribution < 1.29 is 0 Å². The third-order valence-electron chi connectivity index (χ3n) is 2.65. The monoisotopic (exact) mass is 259 g/mol. The molecule has 1 fully saturated rings. The summed E-state index contributed by atoms with van der Waals surface area (Å²) in [6.45, 7) is 1.60. The van der Waals surface area contributed by atoms with Crippen molar-refractivity contribution >= 4 is 29.0 Å². The fourth-order valence-corrected chi connectivity index (χ4v) is 2.22. The van der Waals surface area contributed by atoms with E-state index in [1.54, 1.807) is 12.3 Å². The van der Waals surface area contributed by atoms with E-state index < -0.39 is 0 Å². The molecule has 0 aliphatic heterocycles. The number of aromatic nitrogens is 1. The molecule has 2 rings (SSSR count). The van der Waals surface area contributed by atoms with Crippen LogP contribution in [0.3, 0.4) is 0 Å². The maximum Gasteiger partial charge on any atom is 0.147 e. The van der Waals surface area contributed by atoms with Crippen LogP contribution < -0.4 is 10.6 Å². The quantitative estimate of drug-likeness (QED) is 0.885. The van der Waals surface area contributed by atoms with Gasteiger partial charge in [0.2, 0.25) is 0 Å². The zero-order valence-corrected chi connectivity index (χ0v) is 10.5. The van der Waals surface area contributed by atoms with E-state index in [-0.39, 0.29) is 0 Å². The first kappa shape index (κ1) is 12.0. The molecule has 0 amide bonds. The lowest BCUT2D eigenvalue weighted by molar-refractivity contribution is 0.723. The Balaban J connectivity index is 2.17. The molecule has 1 saturated carbocycles. The van der Waals surface area contributed by atoms with Crippen molar-refractivity contribution in [3.8, 4) is 0 Å². The second-order valence-electron chi connectivity index (χ2n) is 4.03. The standard InChI is InChI=1S/C11H15Cl2N3/c12-8-6-10(13)11(15-7-8)16(5-1-4-14)9-2-3-9/h6-7,9H,1-5,14H2. The number of rotatable bonds is 5. The Morgan fingerprint density at radius 2 is 2.19 bits per heavy atom. The maximum atomic E-state index is 6.16. The molecule has 0 aromatic carbocycles. The minimum Gasteiger partial charge on any atom is -0.352 e. The predicted octanol–water partition coefficient (Wildman–Crippen LogP) is 2.71. The molecule has 0 radical (unpaired) electrons. The summed E-state index contributed by atoms with van der Waals surface area (Å²) in [5.74, 6) is 0.835. The van der Waals surface area contributed by atoms with E-state index in [0.29, 0.717) is 22.6 Å². The Kier molecular flexibility index (Phi) is 3.90. The van der Waals surface area contributed by atoms with Crippen LogP contribution >= 0.6 is 23.2 Å². The molecule has 0 atom stereocenters. The highest BCUT2D eigenvalue weighted by Gasteiger charge is 2.30. The molecule has 1 heterocycles. The van der Waals surface area contributed by atoms with Crippen molar-refractivity contribution in [3.05, 3.63) is 22.3 Å². The third kappa shape index (κ3) is 2.78. The van der Waals surface area contributed by atoms with Crippen LogP contribution in [0.1, 0.15) is 19.3 Å². The van der Waals surface area contributed by atoms with E-state index in [4.69, 9.17) is 28.9 Å². The topological polar surface area (TPSA) is 42.1 Å². The second kappa shape index (κ2) is 5.21. The van der Waals surface area contributed by atoms with Crippen LogP contribution in [0.25, 0.3) is 0 Å². The normalized spacial score (nSPS) is 15.2. The van der Waals surface area contributed by atoms with Crippen LogP contribution in [0.2, 0.25) is 10.0 Å². The smallest absolute Gasteiger partial charge is 0.147 e. The first-order valence-electron chi connectivity index (χ1n) is 5.50. The van der Waals surface area contributed by atoms with Gasteiger partial charge in [0, 0.05) is 18.8 Å². The highest BCUT2D eigenvalue weighted by atomic mass is 35.5. The Labute approximate surface area is 106 Å². The summed E-state index contributed by atoms with van der Waals surface area (Å²) in [4.78, 5) is 6.56. The summed E-state index contributed by atoms with van der Waals surface area (Å²) < 4.78 is 0. The Morgan fingerprint density at radius 1 is 1.44 bits per heavy atom. The third-order valence-corrected chi connectivity index (χ3v) is 3.14. The van der Waals surface area contributed by atoms with Crippen molar-refractivity contribution in [3.63, 3.8) is 0 Å². The van der Waals surface area contributed by atoms with Crippen LogP contribution in [0.15, 0.2) is 12.3 Å². The second-order valence-corrected chi connectivity index (χ2v) is 4.87. The van der Waals surface area contributed by atoms with E-state index >= 15 is 0 Å². The predicted molar refractivity (Wildman–Crippen MR) is 68.3 cm³/mol. The highest BCUT2D eigenvalue weighted by molar-refractivity contribution is 6.36. The van der Waals surface area contributed by atoms with Crippen LogP contribution in [0, 0.1) is 0 Å². The molecule has 0 unspecified atom stereocenters. The minimum atomic E-state index is 0.573. The number of hydrogen-bond donors (Lipinski definition) is 1. The molecule has 0 bridgehead atoms. The van der Waals surface area contributed by atoms with Gasteiger partial charge in [-0.15, -0.1) is 0 Å². The summed E-state index contributed by atoms with van der Waals surface area (Å²) in [5, 5.41) is 1.19. The van der Waals surface area contributed by atoms with Gasteiger partial charge in [-0.1, -0.05) is 23.2 Å². The summed E-state index contributed by atoms with van der Waals surface area (Å²) >= 11 is 12.0. The van der Waals surface area contributed by atoms with E-state index in [1.807, 2.05) is 0 Å². The molecule has 5 heteroatoms. The molecule has 2 N–H and O–H groups in total. The summed E-state index contributed by atoms with van der Waals surface area (Å²) in [7, 11) is 0. The van der Waals surface area contributed by atoms with Gasteiger partial charge in [-0.3, -0.25) is 0 Å². The molecule has 16 heavy (non-hydrogen) atoms. The lowest BCUT2D eigenvalue weighted by Gasteiger charge is -2.24. The van der Waals surface area contributed by atoms with E-state index in [9.17, 15) is 0 Å². The van der Waals surface area contributed by atoms with Gasteiger partial charge in [-0.2, -0.15) is 0 Å². The fourth-order valence-electron chi connectivity index (χ4n) is 1.73. The highest BCUT2D eigenvalue weighted by Crippen LogP contribution is 2.35. The maximum absolute atomic E-state index is 6.16. The van der Waals surface area contributed by atoms with Gasteiger partial charge in [-0.25, -0.2) is 4.98 Å². The average molecular weight is 260 g/mol.